The number of aliphatic imine (C=N–C) groups is 1. The van der Waals surface area contributed by atoms with E-state index in [1.165, 1.54) is 6.07 Å². The Morgan fingerprint density at radius 2 is 1.85 bits per heavy atom. The van der Waals surface area contributed by atoms with Crippen molar-refractivity contribution < 1.29 is 9.13 Å². The highest BCUT2D eigenvalue weighted by Gasteiger charge is 2.02. The number of halogens is 2. The SMILES string of the molecule is CCNC(=NCc1cccc(COC)c1)NCc1ccc(F)c(C)c1.I. The zero-order chi connectivity index (χ0) is 18.1. The molecule has 2 aromatic carbocycles. The first-order chi connectivity index (χ1) is 12.1. The van der Waals surface area contributed by atoms with Crippen LogP contribution in [0.5, 0.6) is 0 Å². The monoisotopic (exact) mass is 471 g/mol. The van der Waals surface area contributed by atoms with E-state index >= 15 is 0 Å². The van der Waals surface area contributed by atoms with Crippen LogP contribution >= 0.6 is 24.0 Å². The molecule has 0 aromatic heterocycles. The second kappa shape index (κ2) is 11.9. The number of guanidine groups is 1. The van der Waals surface area contributed by atoms with Crippen LogP contribution in [0.1, 0.15) is 29.2 Å². The van der Waals surface area contributed by atoms with Crippen molar-refractivity contribution in [3.63, 3.8) is 0 Å². The summed E-state index contributed by atoms with van der Waals surface area (Å²) < 4.78 is 18.5. The predicted molar refractivity (Wildman–Crippen MR) is 115 cm³/mol. The van der Waals surface area contributed by atoms with Gasteiger partial charge in [-0.2, -0.15) is 0 Å². The van der Waals surface area contributed by atoms with Crippen LogP contribution < -0.4 is 10.6 Å². The van der Waals surface area contributed by atoms with Gasteiger partial charge in [-0.15, -0.1) is 24.0 Å². The van der Waals surface area contributed by atoms with Gasteiger partial charge < -0.3 is 15.4 Å². The van der Waals surface area contributed by atoms with Gasteiger partial charge in [0, 0.05) is 20.2 Å². The number of aryl methyl sites for hydroxylation is 1. The Labute approximate surface area is 172 Å². The second-order valence-corrected chi connectivity index (χ2v) is 5.89. The first kappa shape index (κ1) is 22.4. The second-order valence-electron chi connectivity index (χ2n) is 5.89. The lowest BCUT2D eigenvalue weighted by molar-refractivity contribution is 0.185. The van der Waals surface area contributed by atoms with E-state index in [4.69, 9.17) is 4.74 Å². The van der Waals surface area contributed by atoms with Crippen molar-refractivity contribution in [2.24, 2.45) is 4.99 Å². The van der Waals surface area contributed by atoms with E-state index < -0.39 is 0 Å². The van der Waals surface area contributed by atoms with Gasteiger partial charge in [-0.05, 0) is 42.2 Å². The predicted octanol–water partition coefficient (Wildman–Crippen LogP) is 4.15. The average molecular weight is 471 g/mol. The van der Waals surface area contributed by atoms with Crippen molar-refractivity contribution in [1.29, 1.82) is 0 Å². The summed E-state index contributed by atoms with van der Waals surface area (Å²) >= 11 is 0. The maximum absolute atomic E-state index is 13.3. The summed E-state index contributed by atoms with van der Waals surface area (Å²) in [6.45, 7) is 6.34. The van der Waals surface area contributed by atoms with E-state index in [1.54, 1.807) is 20.1 Å². The minimum absolute atomic E-state index is 0. The molecule has 0 amide bonds. The summed E-state index contributed by atoms with van der Waals surface area (Å²) in [5, 5.41) is 6.51. The zero-order valence-electron chi connectivity index (χ0n) is 15.5. The number of benzene rings is 2. The molecule has 0 heterocycles. The molecule has 0 bridgehead atoms. The van der Waals surface area contributed by atoms with Gasteiger partial charge >= 0.3 is 0 Å². The van der Waals surface area contributed by atoms with Crippen molar-refractivity contribution in [1.82, 2.24) is 10.6 Å². The zero-order valence-corrected chi connectivity index (χ0v) is 17.8. The first-order valence-corrected chi connectivity index (χ1v) is 8.46. The van der Waals surface area contributed by atoms with Gasteiger partial charge in [0.1, 0.15) is 5.82 Å². The summed E-state index contributed by atoms with van der Waals surface area (Å²) in [4.78, 5) is 4.62. The summed E-state index contributed by atoms with van der Waals surface area (Å²) in [5.41, 5.74) is 3.93. The number of hydrogen-bond acceptors (Lipinski definition) is 2. The Bertz CT molecular complexity index is 722. The summed E-state index contributed by atoms with van der Waals surface area (Å²) in [6, 6.07) is 13.3. The van der Waals surface area contributed by atoms with Crippen LogP contribution in [-0.4, -0.2) is 19.6 Å². The molecule has 0 saturated heterocycles. The largest absolute Gasteiger partial charge is 0.380 e. The van der Waals surface area contributed by atoms with Crippen LogP contribution in [0.25, 0.3) is 0 Å². The molecule has 26 heavy (non-hydrogen) atoms. The van der Waals surface area contributed by atoms with E-state index in [0.717, 1.165) is 29.2 Å². The Balaban J connectivity index is 0.00000338. The lowest BCUT2D eigenvalue weighted by Gasteiger charge is -2.12. The quantitative estimate of drug-likeness (QED) is 0.362. The van der Waals surface area contributed by atoms with E-state index in [9.17, 15) is 4.39 Å². The smallest absolute Gasteiger partial charge is 0.191 e. The molecule has 0 aliphatic carbocycles. The first-order valence-electron chi connectivity index (χ1n) is 8.46. The third kappa shape index (κ3) is 7.29. The molecular weight excluding hydrogens is 444 g/mol. The fourth-order valence-corrected chi connectivity index (χ4v) is 2.50. The van der Waals surface area contributed by atoms with E-state index in [1.807, 2.05) is 25.1 Å². The molecule has 2 rings (SSSR count). The van der Waals surface area contributed by atoms with Crippen LogP contribution in [0, 0.1) is 12.7 Å². The summed E-state index contributed by atoms with van der Waals surface area (Å²) in [6.07, 6.45) is 0. The van der Waals surface area contributed by atoms with Crippen molar-refractivity contribution >= 4 is 29.9 Å². The van der Waals surface area contributed by atoms with Crippen molar-refractivity contribution in [2.45, 2.75) is 33.5 Å². The number of nitrogens with zero attached hydrogens (tertiary/aromatic N) is 1. The normalized spacial score (nSPS) is 11.0. The highest BCUT2D eigenvalue weighted by atomic mass is 127. The summed E-state index contributed by atoms with van der Waals surface area (Å²) in [7, 11) is 1.69. The molecule has 142 valence electrons. The Kier molecular flexibility index (Phi) is 10.2. The van der Waals surface area contributed by atoms with Crippen molar-refractivity contribution in [3.8, 4) is 0 Å². The topological polar surface area (TPSA) is 45.7 Å². The molecule has 0 atom stereocenters. The fraction of sp³-hybridized carbons (Fsp3) is 0.350. The van der Waals surface area contributed by atoms with Crippen LogP contribution in [0.2, 0.25) is 0 Å². The minimum Gasteiger partial charge on any atom is -0.380 e. The van der Waals surface area contributed by atoms with Crippen LogP contribution in [0.4, 0.5) is 4.39 Å². The van der Waals surface area contributed by atoms with Gasteiger partial charge in [0.25, 0.3) is 0 Å². The third-order valence-electron chi connectivity index (χ3n) is 3.75. The molecule has 6 heteroatoms. The van der Waals surface area contributed by atoms with Crippen LogP contribution in [0.15, 0.2) is 47.5 Å². The van der Waals surface area contributed by atoms with E-state index in [2.05, 4.69) is 27.8 Å². The maximum Gasteiger partial charge on any atom is 0.191 e. The molecule has 0 saturated carbocycles. The molecule has 0 unspecified atom stereocenters. The van der Waals surface area contributed by atoms with Crippen molar-refractivity contribution in [3.05, 3.63) is 70.5 Å². The molecule has 0 aliphatic heterocycles. The Morgan fingerprint density at radius 3 is 2.54 bits per heavy atom. The van der Waals surface area contributed by atoms with Gasteiger partial charge in [-0.3, -0.25) is 0 Å². The molecule has 0 aliphatic rings. The number of nitrogens with one attached hydrogen (secondary N) is 2. The maximum atomic E-state index is 13.3. The fourth-order valence-electron chi connectivity index (χ4n) is 2.50. The van der Waals surface area contributed by atoms with Crippen LogP contribution in [0.3, 0.4) is 0 Å². The van der Waals surface area contributed by atoms with Gasteiger partial charge in [-0.25, -0.2) is 9.38 Å². The van der Waals surface area contributed by atoms with E-state index in [-0.39, 0.29) is 29.8 Å². The average Bonchev–Trinajstić information content (AvgIpc) is 2.61. The van der Waals surface area contributed by atoms with Crippen molar-refractivity contribution in [2.75, 3.05) is 13.7 Å². The Hall–Kier alpha value is -1.67. The van der Waals surface area contributed by atoms with Gasteiger partial charge in [0.05, 0.1) is 13.2 Å². The van der Waals surface area contributed by atoms with Gasteiger partial charge in [0.15, 0.2) is 5.96 Å². The third-order valence-corrected chi connectivity index (χ3v) is 3.75. The molecule has 0 spiro atoms. The highest BCUT2D eigenvalue weighted by molar-refractivity contribution is 14.0. The molecule has 0 radical (unpaired) electrons. The molecule has 4 nitrogen and oxygen atoms in total. The van der Waals surface area contributed by atoms with Gasteiger partial charge in [0.2, 0.25) is 0 Å². The highest BCUT2D eigenvalue weighted by Crippen LogP contribution is 2.09. The lowest BCUT2D eigenvalue weighted by atomic mass is 10.1. The number of ether oxygens (including phenoxy) is 1. The van der Waals surface area contributed by atoms with E-state index in [0.29, 0.717) is 25.3 Å². The molecule has 2 N–H and O–H groups in total. The Morgan fingerprint density at radius 1 is 1.08 bits per heavy atom. The lowest BCUT2D eigenvalue weighted by Crippen LogP contribution is -2.36. The summed E-state index contributed by atoms with van der Waals surface area (Å²) in [5.74, 6) is 0.557. The molecular formula is C20H27FIN3O. The number of rotatable bonds is 7. The molecule has 2 aromatic rings. The number of hydrogen-bond donors (Lipinski definition) is 2. The molecule has 0 fully saturated rings. The standard InChI is InChI=1S/C20H26FN3O.HI/c1-4-22-20(24-13-17-8-9-19(21)15(2)10-17)23-12-16-6-5-7-18(11-16)14-25-3;/h5-11H,4,12-14H2,1-3H3,(H2,22,23,24);1H. The number of methoxy groups -OCH3 is 1. The van der Waals surface area contributed by atoms with Gasteiger partial charge in [-0.1, -0.05) is 36.4 Å². The minimum atomic E-state index is -0.180. The van der Waals surface area contributed by atoms with Crippen LogP contribution in [-0.2, 0) is 24.4 Å².